The Bertz CT molecular complexity index is 1150. The number of thioether (sulfide) groups is 1. The van der Waals surface area contributed by atoms with E-state index in [1.807, 2.05) is 30.5 Å². The summed E-state index contributed by atoms with van der Waals surface area (Å²) in [4.78, 5) is 65.0. The molecule has 2 rings (SSSR count). The Labute approximate surface area is 224 Å². The fourth-order valence-corrected chi connectivity index (χ4v) is 4.30. The van der Waals surface area contributed by atoms with Crippen LogP contribution in [0.4, 0.5) is 0 Å². The van der Waals surface area contributed by atoms with E-state index in [4.69, 9.17) is 5.73 Å². The molecule has 4 atom stereocenters. The van der Waals surface area contributed by atoms with Crippen molar-refractivity contribution in [2.24, 2.45) is 11.7 Å². The number of carboxylic acid groups (broad SMARTS) is 2. The first-order valence-electron chi connectivity index (χ1n) is 12.1. The first kappa shape index (κ1) is 30.6. The average molecular weight is 550 g/mol. The quantitative estimate of drug-likeness (QED) is 0.165. The zero-order valence-corrected chi connectivity index (χ0v) is 22.3. The molecule has 0 aliphatic carbocycles. The van der Waals surface area contributed by atoms with E-state index in [1.165, 1.54) is 11.8 Å². The summed E-state index contributed by atoms with van der Waals surface area (Å²) in [5.41, 5.74) is 7.51. The van der Waals surface area contributed by atoms with E-state index in [2.05, 4.69) is 20.9 Å². The largest absolute Gasteiger partial charge is 0.481 e. The molecule has 2 aromatic rings. The topological polar surface area (TPSA) is 204 Å². The number of para-hydroxylation sites is 1. The molecule has 1 aromatic carbocycles. The van der Waals surface area contributed by atoms with E-state index in [-0.39, 0.29) is 6.42 Å². The number of amides is 3. The van der Waals surface area contributed by atoms with Gasteiger partial charge in [-0.1, -0.05) is 32.0 Å². The van der Waals surface area contributed by atoms with E-state index in [0.717, 1.165) is 10.9 Å². The second-order valence-electron chi connectivity index (χ2n) is 9.24. The number of fused-ring (bicyclic) bond motifs is 1. The van der Waals surface area contributed by atoms with Gasteiger partial charge in [0.25, 0.3) is 0 Å². The predicted molar refractivity (Wildman–Crippen MR) is 143 cm³/mol. The minimum absolute atomic E-state index is 0.0298. The maximum absolute atomic E-state index is 13.4. The number of hydrogen-bond donors (Lipinski definition) is 7. The van der Waals surface area contributed by atoms with Gasteiger partial charge in [-0.05, 0) is 36.0 Å². The summed E-state index contributed by atoms with van der Waals surface area (Å²) >= 11 is 1.52. The molecule has 0 saturated heterocycles. The Kier molecular flexibility index (Phi) is 11.6. The highest BCUT2D eigenvalue weighted by atomic mass is 32.2. The molecule has 1 aromatic heterocycles. The molecule has 4 unspecified atom stereocenters. The first-order chi connectivity index (χ1) is 17.9. The number of carbonyl (C=O) groups is 5. The summed E-state index contributed by atoms with van der Waals surface area (Å²) in [7, 11) is 0. The summed E-state index contributed by atoms with van der Waals surface area (Å²) in [6, 6.07) is 2.45. The van der Waals surface area contributed by atoms with Crippen molar-refractivity contribution in [3.05, 3.63) is 36.0 Å². The van der Waals surface area contributed by atoms with Crippen LogP contribution in [0, 0.1) is 5.92 Å². The third-order valence-corrected chi connectivity index (χ3v) is 6.59. The number of carboxylic acids is 2. The van der Waals surface area contributed by atoms with Crippen LogP contribution in [0.15, 0.2) is 30.5 Å². The van der Waals surface area contributed by atoms with Crippen LogP contribution in [0.25, 0.3) is 10.9 Å². The van der Waals surface area contributed by atoms with Crippen LogP contribution in [0.2, 0.25) is 0 Å². The summed E-state index contributed by atoms with van der Waals surface area (Å²) in [5, 5.41) is 26.8. The van der Waals surface area contributed by atoms with Gasteiger partial charge in [-0.2, -0.15) is 11.8 Å². The van der Waals surface area contributed by atoms with Crippen LogP contribution >= 0.6 is 11.8 Å². The number of nitrogens with two attached hydrogens (primary N) is 1. The van der Waals surface area contributed by atoms with E-state index >= 15 is 0 Å². The predicted octanol–water partition coefficient (Wildman–Crippen LogP) is 0.461. The Balaban J connectivity index is 2.30. The van der Waals surface area contributed by atoms with Crippen LogP contribution in [0.5, 0.6) is 0 Å². The molecule has 13 heteroatoms. The van der Waals surface area contributed by atoms with Gasteiger partial charge in [-0.3, -0.25) is 19.2 Å². The lowest BCUT2D eigenvalue weighted by molar-refractivity contribution is -0.144. The number of aromatic amines is 1. The number of aromatic nitrogens is 1. The molecule has 0 saturated carbocycles. The molecule has 208 valence electrons. The van der Waals surface area contributed by atoms with Crippen molar-refractivity contribution in [3.8, 4) is 0 Å². The molecule has 0 fully saturated rings. The van der Waals surface area contributed by atoms with Gasteiger partial charge in [0.05, 0.1) is 12.5 Å². The van der Waals surface area contributed by atoms with Gasteiger partial charge in [-0.15, -0.1) is 0 Å². The molecule has 0 radical (unpaired) electrons. The molecule has 8 N–H and O–H groups in total. The van der Waals surface area contributed by atoms with Gasteiger partial charge in [0.1, 0.15) is 18.1 Å². The maximum atomic E-state index is 13.4. The highest BCUT2D eigenvalue weighted by Crippen LogP contribution is 2.19. The van der Waals surface area contributed by atoms with E-state index in [9.17, 15) is 34.2 Å². The number of H-pyrrole nitrogens is 1. The highest BCUT2D eigenvalue weighted by molar-refractivity contribution is 7.98. The lowest BCUT2D eigenvalue weighted by Gasteiger charge is -2.25. The molecular weight excluding hydrogens is 514 g/mol. The molecule has 0 aliphatic heterocycles. The van der Waals surface area contributed by atoms with Gasteiger partial charge >= 0.3 is 11.9 Å². The molecule has 0 aliphatic rings. The molecule has 1 heterocycles. The molecule has 3 amide bonds. The van der Waals surface area contributed by atoms with Crippen LogP contribution in [-0.4, -0.2) is 81.0 Å². The second kappa shape index (κ2) is 14.4. The maximum Gasteiger partial charge on any atom is 0.326 e. The number of rotatable bonds is 15. The third-order valence-electron chi connectivity index (χ3n) is 5.94. The molecule has 0 bridgehead atoms. The number of benzene rings is 1. The van der Waals surface area contributed by atoms with Crippen LogP contribution in [0.3, 0.4) is 0 Å². The average Bonchev–Trinajstić information content (AvgIpc) is 3.26. The molecule has 0 spiro atoms. The van der Waals surface area contributed by atoms with Gasteiger partial charge in [-0.25, -0.2) is 4.79 Å². The van der Waals surface area contributed by atoms with Gasteiger partial charge < -0.3 is 36.9 Å². The number of nitrogens with one attached hydrogen (secondary N) is 4. The molecular formula is C25H35N5O7S. The van der Waals surface area contributed by atoms with Crippen molar-refractivity contribution in [2.45, 2.75) is 57.3 Å². The number of aliphatic carboxylic acids is 2. The lowest BCUT2D eigenvalue weighted by Crippen LogP contribution is -2.58. The Hall–Kier alpha value is -3.58. The third kappa shape index (κ3) is 8.77. The zero-order chi connectivity index (χ0) is 28.4. The molecule has 38 heavy (non-hydrogen) atoms. The molecule has 12 nitrogen and oxygen atoms in total. The van der Waals surface area contributed by atoms with Crippen molar-refractivity contribution >= 4 is 52.3 Å². The number of carbonyl (C=O) groups excluding carboxylic acids is 3. The van der Waals surface area contributed by atoms with Crippen LogP contribution in [-0.2, 0) is 30.4 Å². The van der Waals surface area contributed by atoms with Crippen LogP contribution in [0.1, 0.15) is 32.3 Å². The van der Waals surface area contributed by atoms with Crippen molar-refractivity contribution in [2.75, 3.05) is 12.0 Å². The van der Waals surface area contributed by atoms with Crippen molar-refractivity contribution in [1.29, 1.82) is 0 Å². The minimum atomic E-state index is -1.58. The fraction of sp³-hybridized carbons (Fsp3) is 0.480. The smallest absolute Gasteiger partial charge is 0.326 e. The van der Waals surface area contributed by atoms with Gasteiger partial charge in [0, 0.05) is 23.5 Å². The first-order valence-corrected chi connectivity index (χ1v) is 13.5. The summed E-state index contributed by atoms with van der Waals surface area (Å²) in [6.07, 6.45) is 3.20. The summed E-state index contributed by atoms with van der Waals surface area (Å²) in [5.74, 6) is -4.86. The standard InChI is InChI=1S/C25H35N5O7S/c1-13(2)21(25(36)37)30-24(35)19(11-20(31)32)29-23(34)18(28-22(33)16(26)8-9-38-3)10-14-12-27-17-7-5-4-6-15(14)17/h4-7,12-13,16,18-19,21,27H,8-11,26H2,1-3H3,(H,28,33)(H,29,34)(H,30,35)(H,31,32)(H,36,37). The van der Waals surface area contributed by atoms with E-state index < -0.39 is 66.2 Å². The van der Waals surface area contributed by atoms with Crippen molar-refractivity contribution in [1.82, 2.24) is 20.9 Å². The Morgan fingerprint density at radius 3 is 2.21 bits per heavy atom. The van der Waals surface area contributed by atoms with Crippen molar-refractivity contribution in [3.63, 3.8) is 0 Å². The normalized spacial score (nSPS) is 14.3. The van der Waals surface area contributed by atoms with E-state index in [1.54, 1.807) is 20.0 Å². The monoisotopic (exact) mass is 549 g/mol. The summed E-state index contributed by atoms with van der Waals surface area (Å²) < 4.78 is 0. The van der Waals surface area contributed by atoms with E-state index in [0.29, 0.717) is 17.7 Å². The highest BCUT2D eigenvalue weighted by Gasteiger charge is 2.32. The lowest BCUT2D eigenvalue weighted by atomic mass is 10.0. The van der Waals surface area contributed by atoms with Crippen LogP contribution < -0.4 is 21.7 Å². The Morgan fingerprint density at radius 1 is 0.974 bits per heavy atom. The Morgan fingerprint density at radius 2 is 1.61 bits per heavy atom. The summed E-state index contributed by atoms with van der Waals surface area (Å²) in [6.45, 7) is 3.16. The zero-order valence-electron chi connectivity index (χ0n) is 21.5. The van der Waals surface area contributed by atoms with Gasteiger partial charge in [0.2, 0.25) is 17.7 Å². The fourth-order valence-electron chi connectivity index (χ4n) is 3.81. The van der Waals surface area contributed by atoms with Crippen molar-refractivity contribution < 1.29 is 34.2 Å². The number of hydrogen-bond acceptors (Lipinski definition) is 7. The second-order valence-corrected chi connectivity index (χ2v) is 10.2. The van der Waals surface area contributed by atoms with Gasteiger partial charge in [0.15, 0.2) is 0 Å². The minimum Gasteiger partial charge on any atom is -0.481 e. The SMILES string of the molecule is CSCCC(N)C(=O)NC(Cc1c[nH]c2ccccc12)C(=O)NC(CC(=O)O)C(=O)NC(C(=O)O)C(C)C.